The van der Waals surface area contributed by atoms with Crippen LogP contribution in [-0.2, 0) is 6.42 Å². The Hall–Kier alpha value is -1.02. The molecule has 2 heteroatoms. The van der Waals surface area contributed by atoms with Gasteiger partial charge >= 0.3 is 0 Å². The fourth-order valence-corrected chi connectivity index (χ4v) is 2.90. The number of nitrogens with one attached hydrogen (secondary N) is 2. The number of fused-ring (bicyclic) bond motifs is 1. The summed E-state index contributed by atoms with van der Waals surface area (Å²) in [6, 6.07) is 7.05. The molecule has 0 spiro atoms. The summed E-state index contributed by atoms with van der Waals surface area (Å²) in [4.78, 5) is 0. The zero-order chi connectivity index (χ0) is 10.8. The summed E-state index contributed by atoms with van der Waals surface area (Å²) < 4.78 is 0. The first kappa shape index (κ1) is 10.2. The van der Waals surface area contributed by atoms with Crippen LogP contribution in [0.4, 0.5) is 5.69 Å². The summed E-state index contributed by atoms with van der Waals surface area (Å²) in [5.41, 5.74) is 4.45. The van der Waals surface area contributed by atoms with Crippen LogP contribution in [0.15, 0.2) is 18.2 Å². The van der Waals surface area contributed by atoms with Crippen LogP contribution in [0.2, 0.25) is 0 Å². The topological polar surface area (TPSA) is 24.1 Å². The lowest BCUT2D eigenvalue weighted by molar-refractivity contribution is 0.460. The van der Waals surface area contributed by atoms with Gasteiger partial charge in [0.15, 0.2) is 0 Å². The molecule has 0 unspecified atom stereocenters. The third kappa shape index (κ3) is 1.94. The van der Waals surface area contributed by atoms with E-state index in [1.807, 2.05) is 0 Å². The molecule has 1 aromatic carbocycles. The van der Waals surface area contributed by atoms with Crippen molar-refractivity contribution in [3.8, 4) is 0 Å². The van der Waals surface area contributed by atoms with Crippen LogP contribution in [-0.4, -0.2) is 19.6 Å². The van der Waals surface area contributed by atoms with Crippen LogP contribution in [0.25, 0.3) is 0 Å². The highest BCUT2D eigenvalue weighted by atomic mass is 14.9. The summed E-state index contributed by atoms with van der Waals surface area (Å²) in [6.07, 6.45) is 5.13. The SMILES string of the molecule is c1cc2c(cc1C1CCNCC1)CCCN2. The highest BCUT2D eigenvalue weighted by Gasteiger charge is 2.17. The minimum atomic E-state index is 0.786. The van der Waals surface area contributed by atoms with Gasteiger partial charge in [0, 0.05) is 12.2 Å². The Bertz CT molecular complexity index is 367. The molecule has 2 N–H and O–H groups in total. The van der Waals surface area contributed by atoms with Crippen molar-refractivity contribution in [2.75, 3.05) is 25.0 Å². The van der Waals surface area contributed by atoms with Gasteiger partial charge in [-0.3, -0.25) is 0 Å². The maximum absolute atomic E-state index is 3.48. The Balaban J connectivity index is 1.84. The first-order chi connectivity index (χ1) is 7.93. The molecule has 0 saturated carbocycles. The average molecular weight is 216 g/mol. The molecule has 0 aliphatic carbocycles. The number of rotatable bonds is 1. The first-order valence-electron chi connectivity index (χ1n) is 6.51. The van der Waals surface area contributed by atoms with Crippen LogP contribution in [0.5, 0.6) is 0 Å². The van der Waals surface area contributed by atoms with Gasteiger partial charge in [-0.25, -0.2) is 0 Å². The van der Waals surface area contributed by atoms with Gasteiger partial charge < -0.3 is 10.6 Å². The van der Waals surface area contributed by atoms with Crippen molar-refractivity contribution in [1.82, 2.24) is 5.32 Å². The van der Waals surface area contributed by atoms with E-state index in [-0.39, 0.29) is 0 Å². The van der Waals surface area contributed by atoms with E-state index in [4.69, 9.17) is 0 Å². The Morgan fingerprint density at radius 1 is 1.06 bits per heavy atom. The first-order valence-corrected chi connectivity index (χ1v) is 6.51. The molecular weight excluding hydrogens is 196 g/mol. The average Bonchev–Trinajstić information content (AvgIpc) is 2.39. The molecule has 0 aromatic heterocycles. The molecular formula is C14H20N2. The van der Waals surface area contributed by atoms with E-state index in [0.29, 0.717) is 0 Å². The number of piperidine rings is 1. The molecule has 1 saturated heterocycles. The van der Waals surface area contributed by atoms with E-state index < -0.39 is 0 Å². The number of hydrogen-bond acceptors (Lipinski definition) is 2. The number of aryl methyl sites for hydroxylation is 1. The van der Waals surface area contributed by atoms with Crippen molar-refractivity contribution in [2.24, 2.45) is 0 Å². The monoisotopic (exact) mass is 216 g/mol. The van der Waals surface area contributed by atoms with Gasteiger partial charge in [-0.1, -0.05) is 12.1 Å². The van der Waals surface area contributed by atoms with Gasteiger partial charge in [-0.15, -0.1) is 0 Å². The van der Waals surface area contributed by atoms with Crippen LogP contribution in [0, 0.1) is 0 Å². The smallest absolute Gasteiger partial charge is 0.0372 e. The zero-order valence-electron chi connectivity index (χ0n) is 9.76. The van der Waals surface area contributed by atoms with Crippen LogP contribution in [0.1, 0.15) is 36.3 Å². The standard InChI is InChI=1S/C14H20N2/c1-2-13-10-12(3-4-14(13)16-7-1)11-5-8-15-9-6-11/h3-4,10-11,15-16H,1-2,5-9H2. The molecule has 0 radical (unpaired) electrons. The molecule has 0 amide bonds. The number of benzene rings is 1. The van der Waals surface area contributed by atoms with Crippen molar-refractivity contribution in [3.63, 3.8) is 0 Å². The lowest BCUT2D eigenvalue weighted by Crippen LogP contribution is -2.26. The normalized spacial score (nSPS) is 21.2. The van der Waals surface area contributed by atoms with Crippen LogP contribution >= 0.6 is 0 Å². The Morgan fingerprint density at radius 2 is 1.94 bits per heavy atom. The zero-order valence-corrected chi connectivity index (χ0v) is 9.76. The van der Waals surface area contributed by atoms with Gasteiger partial charge in [0.1, 0.15) is 0 Å². The summed E-state index contributed by atoms with van der Waals surface area (Å²) in [5.74, 6) is 0.786. The second-order valence-corrected chi connectivity index (χ2v) is 4.97. The quantitative estimate of drug-likeness (QED) is 0.753. The highest BCUT2D eigenvalue weighted by molar-refractivity contribution is 5.54. The molecule has 3 rings (SSSR count). The van der Waals surface area contributed by atoms with E-state index in [1.54, 1.807) is 5.56 Å². The molecule has 2 heterocycles. The molecule has 1 fully saturated rings. The van der Waals surface area contributed by atoms with Gasteiger partial charge in [0.2, 0.25) is 0 Å². The van der Waals surface area contributed by atoms with E-state index in [2.05, 4.69) is 28.8 Å². The minimum absolute atomic E-state index is 0.786. The van der Waals surface area contributed by atoms with Gasteiger partial charge in [-0.2, -0.15) is 0 Å². The molecule has 1 aromatic rings. The molecule has 0 atom stereocenters. The molecule has 86 valence electrons. The van der Waals surface area contributed by atoms with Gasteiger partial charge in [0.25, 0.3) is 0 Å². The van der Waals surface area contributed by atoms with Crippen molar-refractivity contribution < 1.29 is 0 Å². The predicted molar refractivity (Wildman–Crippen MR) is 68.1 cm³/mol. The van der Waals surface area contributed by atoms with Crippen molar-refractivity contribution in [3.05, 3.63) is 29.3 Å². The maximum Gasteiger partial charge on any atom is 0.0372 e. The molecule has 2 aliphatic heterocycles. The van der Waals surface area contributed by atoms with E-state index in [1.165, 1.54) is 50.0 Å². The third-order valence-corrected chi connectivity index (χ3v) is 3.88. The summed E-state index contributed by atoms with van der Waals surface area (Å²) in [7, 11) is 0. The lowest BCUT2D eigenvalue weighted by atomic mass is 9.88. The Morgan fingerprint density at radius 3 is 2.81 bits per heavy atom. The van der Waals surface area contributed by atoms with E-state index in [0.717, 1.165) is 12.5 Å². The molecule has 2 nitrogen and oxygen atoms in total. The minimum Gasteiger partial charge on any atom is -0.385 e. The van der Waals surface area contributed by atoms with E-state index in [9.17, 15) is 0 Å². The maximum atomic E-state index is 3.48. The van der Waals surface area contributed by atoms with Crippen LogP contribution < -0.4 is 10.6 Å². The van der Waals surface area contributed by atoms with Gasteiger partial charge in [-0.05, 0) is 61.9 Å². The molecule has 16 heavy (non-hydrogen) atoms. The van der Waals surface area contributed by atoms with Crippen molar-refractivity contribution in [1.29, 1.82) is 0 Å². The second kappa shape index (κ2) is 4.46. The third-order valence-electron chi connectivity index (χ3n) is 3.88. The highest BCUT2D eigenvalue weighted by Crippen LogP contribution is 2.30. The Kier molecular flexibility index (Phi) is 2.83. The van der Waals surface area contributed by atoms with Crippen molar-refractivity contribution in [2.45, 2.75) is 31.6 Å². The van der Waals surface area contributed by atoms with Gasteiger partial charge in [0.05, 0.1) is 0 Å². The van der Waals surface area contributed by atoms with Crippen LogP contribution in [0.3, 0.4) is 0 Å². The second-order valence-electron chi connectivity index (χ2n) is 4.97. The summed E-state index contributed by atoms with van der Waals surface area (Å²) in [6.45, 7) is 3.50. The Labute approximate surface area is 97.4 Å². The fraction of sp³-hybridized carbons (Fsp3) is 0.571. The molecule has 0 bridgehead atoms. The van der Waals surface area contributed by atoms with Crippen molar-refractivity contribution >= 4 is 5.69 Å². The fourth-order valence-electron chi connectivity index (χ4n) is 2.90. The number of anilines is 1. The predicted octanol–water partition coefficient (Wildman–Crippen LogP) is 2.51. The summed E-state index contributed by atoms with van der Waals surface area (Å²) in [5, 5.41) is 6.91. The molecule has 2 aliphatic rings. The summed E-state index contributed by atoms with van der Waals surface area (Å²) >= 11 is 0. The van der Waals surface area contributed by atoms with E-state index >= 15 is 0 Å². The largest absolute Gasteiger partial charge is 0.385 e. The lowest BCUT2D eigenvalue weighted by Gasteiger charge is -2.25. The number of hydrogen-bond donors (Lipinski definition) is 2.